The maximum atomic E-state index is 4.36. The van der Waals surface area contributed by atoms with Crippen molar-refractivity contribution in [3.63, 3.8) is 0 Å². The summed E-state index contributed by atoms with van der Waals surface area (Å²) in [6.45, 7) is 0. The number of para-hydroxylation sites is 1. The second kappa shape index (κ2) is 4.74. The number of nitrogens with zero attached hydrogens (tertiary/aromatic N) is 2. The molecule has 3 rings (SSSR count). The van der Waals surface area contributed by atoms with Crippen molar-refractivity contribution in [3.05, 3.63) is 48.3 Å². The first kappa shape index (κ1) is 10.6. The summed E-state index contributed by atoms with van der Waals surface area (Å²) < 4.78 is 1.99. The monoisotopic (exact) mass is 226 g/mol. The Balaban J connectivity index is 1.98. The molecule has 1 aromatic heterocycles. The lowest BCUT2D eigenvalue weighted by molar-refractivity contribution is 0.442. The highest BCUT2D eigenvalue weighted by Gasteiger charge is 2.18. The van der Waals surface area contributed by atoms with E-state index in [4.69, 9.17) is 0 Å². The third-order valence-corrected chi connectivity index (χ3v) is 3.73. The number of hydrogen-bond donors (Lipinski definition) is 0. The van der Waals surface area contributed by atoms with Gasteiger partial charge in [-0.2, -0.15) is 5.10 Å². The van der Waals surface area contributed by atoms with Gasteiger partial charge in [-0.1, -0.05) is 37.5 Å². The molecule has 1 aliphatic carbocycles. The summed E-state index contributed by atoms with van der Waals surface area (Å²) >= 11 is 0. The van der Waals surface area contributed by atoms with Gasteiger partial charge in [0.15, 0.2) is 0 Å². The normalized spacial score (nSPS) is 17.2. The van der Waals surface area contributed by atoms with Crippen LogP contribution < -0.4 is 0 Å². The van der Waals surface area contributed by atoms with Gasteiger partial charge in [0.25, 0.3) is 0 Å². The minimum atomic E-state index is 0.726. The van der Waals surface area contributed by atoms with Crippen molar-refractivity contribution < 1.29 is 0 Å². The summed E-state index contributed by atoms with van der Waals surface area (Å²) in [5.41, 5.74) is 2.72. The molecule has 1 saturated carbocycles. The highest BCUT2D eigenvalue weighted by molar-refractivity contribution is 5.42. The first-order chi connectivity index (χ1) is 8.45. The Kier molecular flexibility index (Phi) is 2.95. The summed E-state index contributed by atoms with van der Waals surface area (Å²) in [7, 11) is 0. The van der Waals surface area contributed by atoms with E-state index in [0.717, 1.165) is 5.92 Å². The summed E-state index contributed by atoms with van der Waals surface area (Å²) in [5.74, 6) is 0.726. The molecule has 0 aliphatic heterocycles. The molecule has 2 nitrogen and oxygen atoms in total. The average Bonchev–Trinajstić information content (AvgIpc) is 2.94. The van der Waals surface area contributed by atoms with Crippen LogP contribution in [-0.2, 0) is 0 Å². The van der Waals surface area contributed by atoms with Crippen molar-refractivity contribution in [1.29, 1.82) is 0 Å². The van der Waals surface area contributed by atoms with E-state index in [-0.39, 0.29) is 0 Å². The molecular formula is C15H18N2. The molecule has 0 saturated heterocycles. The molecule has 17 heavy (non-hydrogen) atoms. The van der Waals surface area contributed by atoms with Gasteiger partial charge >= 0.3 is 0 Å². The fourth-order valence-electron chi connectivity index (χ4n) is 2.87. The van der Waals surface area contributed by atoms with Crippen LogP contribution in [0.15, 0.2) is 42.7 Å². The van der Waals surface area contributed by atoms with Crippen molar-refractivity contribution in [2.45, 2.75) is 38.0 Å². The van der Waals surface area contributed by atoms with Gasteiger partial charge in [-0.05, 0) is 36.5 Å². The number of rotatable bonds is 2. The first-order valence-electron chi connectivity index (χ1n) is 6.54. The van der Waals surface area contributed by atoms with E-state index >= 15 is 0 Å². The van der Waals surface area contributed by atoms with Gasteiger partial charge in [-0.25, -0.2) is 4.68 Å². The quantitative estimate of drug-likeness (QED) is 0.759. The van der Waals surface area contributed by atoms with Gasteiger partial charge < -0.3 is 0 Å². The number of hydrogen-bond acceptors (Lipinski definition) is 1. The lowest BCUT2D eigenvalue weighted by Gasteiger charge is -2.24. The number of benzene rings is 1. The van der Waals surface area contributed by atoms with Crippen LogP contribution in [0.2, 0.25) is 0 Å². The second-order valence-corrected chi connectivity index (χ2v) is 4.84. The molecule has 0 atom stereocenters. The second-order valence-electron chi connectivity index (χ2n) is 4.84. The van der Waals surface area contributed by atoms with Gasteiger partial charge in [0.1, 0.15) is 0 Å². The first-order valence-corrected chi connectivity index (χ1v) is 6.54. The molecule has 1 heterocycles. The van der Waals surface area contributed by atoms with Crippen molar-refractivity contribution in [2.24, 2.45) is 0 Å². The van der Waals surface area contributed by atoms with E-state index in [1.807, 2.05) is 23.1 Å². The predicted octanol–water partition coefficient (Wildman–Crippen LogP) is 3.92. The van der Waals surface area contributed by atoms with Crippen LogP contribution in [0, 0.1) is 0 Å². The zero-order valence-electron chi connectivity index (χ0n) is 10.0. The van der Waals surface area contributed by atoms with Gasteiger partial charge in [0.2, 0.25) is 0 Å². The standard InChI is InChI=1S/C15H18N2/c1-2-7-13(8-3-1)14-9-4-5-10-15(14)17-12-6-11-16-17/h4-6,9-13H,1-3,7-8H2. The fourth-order valence-corrected chi connectivity index (χ4v) is 2.87. The van der Waals surface area contributed by atoms with Crippen LogP contribution in [0.25, 0.3) is 5.69 Å². The van der Waals surface area contributed by atoms with Crippen LogP contribution in [0.5, 0.6) is 0 Å². The van der Waals surface area contributed by atoms with E-state index < -0.39 is 0 Å². The highest BCUT2D eigenvalue weighted by atomic mass is 15.3. The Bertz CT molecular complexity index is 467. The Labute approximate surface area is 102 Å². The topological polar surface area (TPSA) is 17.8 Å². The molecule has 0 spiro atoms. The van der Waals surface area contributed by atoms with Gasteiger partial charge in [0, 0.05) is 12.4 Å². The van der Waals surface area contributed by atoms with E-state index in [1.165, 1.54) is 43.4 Å². The Hall–Kier alpha value is -1.57. The zero-order valence-corrected chi connectivity index (χ0v) is 10.0. The van der Waals surface area contributed by atoms with Crippen molar-refractivity contribution >= 4 is 0 Å². The van der Waals surface area contributed by atoms with Crippen LogP contribution in [0.3, 0.4) is 0 Å². The summed E-state index contributed by atoms with van der Waals surface area (Å²) in [6.07, 6.45) is 10.7. The molecule has 2 aromatic rings. The third-order valence-electron chi connectivity index (χ3n) is 3.73. The molecule has 1 fully saturated rings. The molecule has 0 N–H and O–H groups in total. The zero-order chi connectivity index (χ0) is 11.5. The van der Waals surface area contributed by atoms with Crippen LogP contribution in [-0.4, -0.2) is 9.78 Å². The Morgan fingerprint density at radius 1 is 1.00 bits per heavy atom. The van der Waals surface area contributed by atoms with E-state index in [0.29, 0.717) is 0 Å². The van der Waals surface area contributed by atoms with Crippen molar-refractivity contribution in [1.82, 2.24) is 9.78 Å². The molecular weight excluding hydrogens is 208 g/mol. The van der Waals surface area contributed by atoms with Crippen LogP contribution in [0.4, 0.5) is 0 Å². The molecule has 0 bridgehead atoms. The van der Waals surface area contributed by atoms with E-state index in [9.17, 15) is 0 Å². The summed E-state index contributed by atoms with van der Waals surface area (Å²) in [5, 5.41) is 4.36. The van der Waals surface area contributed by atoms with E-state index in [1.54, 1.807) is 0 Å². The summed E-state index contributed by atoms with van der Waals surface area (Å²) in [4.78, 5) is 0. The van der Waals surface area contributed by atoms with Gasteiger partial charge in [-0.3, -0.25) is 0 Å². The molecule has 88 valence electrons. The lowest BCUT2D eigenvalue weighted by atomic mass is 9.83. The largest absolute Gasteiger partial charge is 0.241 e. The summed E-state index contributed by atoms with van der Waals surface area (Å²) in [6, 6.07) is 10.7. The minimum Gasteiger partial charge on any atom is -0.241 e. The maximum Gasteiger partial charge on any atom is 0.0680 e. The van der Waals surface area contributed by atoms with Crippen molar-refractivity contribution in [3.8, 4) is 5.69 Å². The number of aromatic nitrogens is 2. The average molecular weight is 226 g/mol. The molecule has 1 aromatic carbocycles. The lowest BCUT2D eigenvalue weighted by Crippen LogP contribution is -2.09. The van der Waals surface area contributed by atoms with Gasteiger partial charge in [-0.15, -0.1) is 0 Å². The molecule has 0 unspecified atom stereocenters. The van der Waals surface area contributed by atoms with Crippen LogP contribution in [0.1, 0.15) is 43.6 Å². The smallest absolute Gasteiger partial charge is 0.0680 e. The molecule has 0 radical (unpaired) electrons. The van der Waals surface area contributed by atoms with Crippen LogP contribution >= 0.6 is 0 Å². The molecule has 1 aliphatic rings. The molecule has 2 heteroatoms. The third kappa shape index (κ3) is 2.12. The van der Waals surface area contributed by atoms with Crippen molar-refractivity contribution in [2.75, 3.05) is 0 Å². The Morgan fingerprint density at radius 3 is 2.59 bits per heavy atom. The fraction of sp³-hybridized carbons (Fsp3) is 0.400. The van der Waals surface area contributed by atoms with E-state index in [2.05, 4.69) is 29.4 Å². The minimum absolute atomic E-state index is 0.726. The predicted molar refractivity (Wildman–Crippen MR) is 69.4 cm³/mol. The molecule has 0 amide bonds. The Morgan fingerprint density at radius 2 is 1.82 bits per heavy atom. The highest BCUT2D eigenvalue weighted by Crippen LogP contribution is 2.35. The maximum absolute atomic E-state index is 4.36. The van der Waals surface area contributed by atoms with Gasteiger partial charge in [0.05, 0.1) is 5.69 Å². The SMILES string of the molecule is c1ccc(-n2cccn2)c(C2CCCCC2)c1.